The number of halogens is 1. The topological polar surface area (TPSA) is 85.1 Å². The van der Waals surface area contributed by atoms with Gasteiger partial charge < -0.3 is 11.1 Å². The Balaban J connectivity index is 1.77. The van der Waals surface area contributed by atoms with Crippen LogP contribution in [-0.4, -0.2) is 23.2 Å². The Morgan fingerprint density at radius 1 is 1.07 bits per heavy atom. The summed E-state index contributed by atoms with van der Waals surface area (Å²) in [5.74, 6) is -0.230. The minimum atomic E-state index is -0.448. The lowest BCUT2D eigenvalue weighted by molar-refractivity contribution is 0.0952. The van der Waals surface area contributed by atoms with Crippen LogP contribution in [0.15, 0.2) is 48.7 Å². The molecular weight excluding hydrogens is 381 g/mol. The normalized spacial score (nSPS) is 13.1. The van der Waals surface area contributed by atoms with Crippen LogP contribution in [-0.2, 0) is 6.42 Å². The minimum Gasteiger partial charge on any atom is -0.383 e. The van der Waals surface area contributed by atoms with Crippen LogP contribution in [0.5, 0.6) is 0 Å². The van der Waals surface area contributed by atoms with E-state index in [4.69, 9.17) is 5.73 Å². The van der Waals surface area contributed by atoms with Gasteiger partial charge in [-0.25, -0.2) is 9.37 Å². The van der Waals surface area contributed by atoms with Crippen LogP contribution in [0.3, 0.4) is 0 Å². The van der Waals surface area contributed by atoms with Crippen molar-refractivity contribution in [2.45, 2.75) is 26.2 Å². The number of ketones is 1. The summed E-state index contributed by atoms with van der Waals surface area (Å²) in [6, 6.07) is 11.7. The Hall–Kier alpha value is -3.54. The van der Waals surface area contributed by atoms with Crippen molar-refractivity contribution in [1.82, 2.24) is 10.3 Å². The van der Waals surface area contributed by atoms with Gasteiger partial charge in [-0.2, -0.15) is 0 Å². The third kappa shape index (κ3) is 3.68. The number of aromatic nitrogens is 1. The molecule has 1 amide bonds. The minimum absolute atomic E-state index is 0.159. The number of rotatable bonds is 4. The number of Topliss-reactive ketones (excluding diaryl/α,β-unsaturated/α-hetero) is 1. The zero-order valence-corrected chi connectivity index (χ0v) is 16.7. The summed E-state index contributed by atoms with van der Waals surface area (Å²) < 4.78 is 14.6. The number of aryl methyl sites for hydroxylation is 1. The largest absolute Gasteiger partial charge is 0.383 e. The zero-order valence-electron chi connectivity index (χ0n) is 16.7. The summed E-state index contributed by atoms with van der Waals surface area (Å²) in [6.45, 7) is 2.31. The number of carbonyl (C=O) groups is 2. The van der Waals surface area contributed by atoms with Crippen LogP contribution < -0.4 is 11.1 Å². The van der Waals surface area contributed by atoms with Crippen molar-refractivity contribution in [3.8, 4) is 22.3 Å². The van der Waals surface area contributed by atoms with Crippen molar-refractivity contribution in [2.24, 2.45) is 0 Å². The Bertz CT molecular complexity index is 1160. The van der Waals surface area contributed by atoms with Crippen molar-refractivity contribution in [1.29, 1.82) is 0 Å². The molecule has 4 rings (SSSR count). The average Bonchev–Trinajstić information content (AvgIpc) is 2.75. The lowest BCUT2D eigenvalue weighted by Crippen LogP contribution is -2.22. The second-order valence-corrected chi connectivity index (χ2v) is 7.36. The predicted octanol–water partition coefficient (Wildman–Crippen LogP) is 4.41. The van der Waals surface area contributed by atoms with E-state index in [1.54, 1.807) is 6.07 Å². The first-order valence-electron chi connectivity index (χ1n) is 9.98. The highest BCUT2D eigenvalue weighted by molar-refractivity contribution is 5.99. The standard InChI is InChI=1S/C24H22FN3O2/c1-2-27-24(30)16-7-9-21(25)19(11-16)17-12-20(23(26)28-13-17)15-6-8-18-14(10-15)4-3-5-22(18)29/h6-13H,2-5H2,1H3,(H2,26,28)(H,27,30). The van der Waals surface area contributed by atoms with Gasteiger partial charge in [-0.1, -0.05) is 18.2 Å². The number of pyridine rings is 1. The molecule has 3 aromatic rings. The lowest BCUT2D eigenvalue weighted by atomic mass is 9.88. The Kier molecular flexibility index (Phi) is 5.31. The van der Waals surface area contributed by atoms with Crippen LogP contribution in [0.4, 0.5) is 10.2 Å². The molecular formula is C24H22FN3O2. The highest BCUT2D eigenvalue weighted by Gasteiger charge is 2.19. The molecule has 0 aliphatic heterocycles. The van der Waals surface area contributed by atoms with Gasteiger partial charge in [0.05, 0.1) is 0 Å². The van der Waals surface area contributed by atoms with E-state index >= 15 is 0 Å². The SMILES string of the molecule is CCNC(=O)c1ccc(F)c(-c2cnc(N)c(-c3ccc4c(c3)CCCC4=O)c2)c1. The Morgan fingerprint density at radius 3 is 2.70 bits per heavy atom. The third-order valence-corrected chi connectivity index (χ3v) is 5.36. The lowest BCUT2D eigenvalue weighted by Gasteiger charge is -2.16. The maximum absolute atomic E-state index is 14.6. The van der Waals surface area contributed by atoms with Crippen LogP contribution in [0.2, 0.25) is 0 Å². The first-order chi connectivity index (χ1) is 14.5. The number of fused-ring (bicyclic) bond motifs is 1. The summed E-state index contributed by atoms with van der Waals surface area (Å²) in [6.07, 6.45) is 3.75. The van der Waals surface area contributed by atoms with Crippen LogP contribution >= 0.6 is 0 Å². The first kappa shape index (κ1) is 19.8. The third-order valence-electron chi connectivity index (χ3n) is 5.36. The molecule has 2 aromatic carbocycles. The summed E-state index contributed by atoms with van der Waals surface area (Å²) in [5.41, 5.74) is 10.5. The van der Waals surface area contributed by atoms with Crippen molar-refractivity contribution in [3.05, 3.63) is 71.2 Å². The fourth-order valence-electron chi connectivity index (χ4n) is 3.82. The smallest absolute Gasteiger partial charge is 0.251 e. The molecule has 0 atom stereocenters. The number of carbonyl (C=O) groups excluding carboxylic acids is 2. The van der Waals surface area contributed by atoms with Gasteiger partial charge in [0.2, 0.25) is 0 Å². The molecule has 5 nitrogen and oxygen atoms in total. The number of nitrogens with two attached hydrogens (primary N) is 1. The summed E-state index contributed by atoms with van der Waals surface area (Å²) in [4.78, 5) is 28.5. The molecule has 1 aromatic heterocycles. The highest BCUT2D eigenvalue weighted by Crippen LogP contribution is 2.33. The highest BCUT2D eigenvalue weighted by atomic mass is 19.1. The fraction of sp³-hybridized carbons (Fsp3) is 0.208. The average molecular weight is 403 g/mol. The number of nitrogens with zero attached hydrogens (tertiary/aromatic N) is 1. The van der Waals surface area contributed by atoms with Crippen LogP contribution in [0, 0.1) is 5.82 Å². The molecule has 1 heterocycles. The maximum atomic E-state index is 14.6. The Labute approximate surface area is 174 Å². The van der Waals surface area contributed by atoms with Crippen molar-refractivity contribution in [3.63, 3.8) is 0 Å². The number of benzene rings is 2. The maximum Gasteiger partial charge on any atom is 0.251 e. The van der Waals surface area contributed by atoms with Gasteiger partial charge in [-0.15, -0.1) is 0 Å². The molecule has 152 valence electrons. The van der Waals surface area contributed by atoms with Gasteiger partial charge in [0.1, 0.15) is 11.6 Å². The van der Waals surface area contributed by atoms with Gasteiger partial charge in [0, 0.05) is 47.0 Å². The molecule has 0 fully saturated rings. The van der Waals surface area contributed by atoms with E-state index in [9.17, 15) is 14.0 Å². The molecule has 1 aliphatic carbocycles. The molecule has 0 unspecified atom stereocenters. The molecule has 3 N–H and O–H groups in total. The van der Waals surface area contributed by atoms with Gasteiger partial charge >= 0.3 is 0 Å². The molecule has 30 heavy (non-hydrogen) atoms. The van der Waals surface area contributed by atoms with Crippen molar-refractivity contribution < 1.29 is 14.0 Å². The molecule has 6 heteroatoms. The van der Waals surface area contributed by atoms with Crippen LogP contribution in [0.25, 0.3) is 22.3 Å². The summed E-state index contributed by atoms with van der Waals surface area (Å²) >= 11 is 0. The van der Waals surface area contributed by atoms with Crippen molar-refractivity contribution >= 4 is 17.5 Å². The first-order valence-corrected chi connectivity index (χ1v) is 9.98. The monoisotopic (exact) mass is 403 g/mol. The van der Waals surface area contributed by atoms with E-state index in [0.717, 1.165) is 29.5 Å². The van der Waals surface area contributed by atoms with E-state index in [2.05, 4.69) is 10.3 Å². The Morgan fingerprint density at radius 2 is 1.90 bits per heavy atom. The quantitative estimate of drug-likeness (QED) is 0.676. The molecule has 0 radical (unpaired) electrons. The number of nitrogens with one attached hydrogen (secondary N) is 1. The molecule has 1 aliphatic rings. The summed E-state index contributed by atoms with van der Waals surface area (Å²) in [5, 5.41) is 2.71. The summed E-state index contributed by atoms with van der Waals surface area (Å²) in [7, 11) is 0. The molecule has 0 saturated carbocycles. The second kappa shape index (κ2) is 8.06. The zero-order chi connectivity index (χ0) is 21.3. The van der Waals surface area contributed by atoms with E-state index in [1.165, 1.54) is 24.4 Å². The fourth-order valence-corrected chi connectivity index (χ4v) is 3.82. The van der Waals surface area contributed by atoms with E-state index < -0.39 is 5.82 Å². The number of nitrogen functional groups attached to an aromatic ring is 1. The van der Waals surface area contributed by atoms with E-state index in [1.807, 2.05) is 25.1 Å². The second-order valence-electron chi connectivity index (χ2n) is 7.36. The molecule has 0 saturated heterocycles. The van der Waals surface area contributed by atoms with E-state index in [-0.39, 0.29) is 17.3 Å². The van der Waals surface area contributed by atoms with Gasteiger partial charge in [0.25, 0.3) is 5.91 Å². The number of hydrogen-bond acceptors (Lipinski definition) is 4. The van der Waals surface area contributed by atoms with Gasteiger partial charge in [-0.3, -0.25) is 9.59 Å². The van der Waals surface area contributed by atoms with E-state index in [0.29, 0.717) is 35.5 Å². The molecule has 0 spiro atoms. The van der Waals surface area contributed by atoms with Crippen LogP contribution in [0.1, 0.15) is 46.0 Å². The number of hydrogen-bond donors (Lipinski definition) is 2. The predicted molar refractivity (Wildman–Crippen MR) is 115 cm³/mol. The van der Waals surface area contributed by atoms with Crippen molar-refractivity contribution in [2.75, 3.05) is 12.3 Å². The number of anilines is 1. The van der Waals surface area contributed by atoms with Gasteiger partial charge in [-0.05, 0) is 55.2 Å². The van der Waals surface area contributed by atoms with Gasteiger partial charge in [0.15, 0.2) is 5.78 Å². The number of amides is 1. The molecule has 0 bridgehead atoms.